The number of aryl methyl sites for hydroxylation is 1. The molecular weight excluding hydrogens is 280 g/mol. The second-order valence-electron chi connectivity index (χ2n) is 3.91. The van der Waals surface area contributed by atoms with Gasteiger partial charge in [0.05, 0.1) is 24.1 Å². The predicted octanol–water partition coefficient (Wildman–Crippen LogP) is 1.49. The van der Waals surface area contributed by atoms with Crippen molar-refractivity contribution in [1.82, 2.24) is 9.78 Å². The van der Waals surface area contributed by atoms with Crippen LogP contribution in [0.3, 0.4) is 0 Å². The lowest BCUT2D eigenvalue weighted by molar-refractivity contribution is 0.0528. The first kappa shape index (κ1) is 14.1. The highest BCUT2D eigenvalue weighted by Gasteiger charge is 2.20. The Morgan fingerprint density at radius 3 is 2.90 bits per heavy atom. The van der Waals surface area contributed by atoms with Crippen molar-refractivity contribution in [3.63, 3.8) is 0 Å². The molecule has 7 nitrogen and oxygen atoms in total. The number of carbonyl (C=O) groups is 2. The van der Waals surface area contributed by atoms with Crippen molar-refractivity contribution < 1.29 is 14.3 Å². The van der Waals surface area contributed by atoms with Crippen molar-refractivity contribution in [2.75, 3.05) is 17.7 Å². The zero-order valence-corrected chi connectivity index (χ0v) is 11.9. The van der Waals surface area contributed by atoms with E-state index in [0.717, 1.165) is 0 Å². The second kappa shape index (κ2) is 5.74. The third kappa shape index (κ3) is 2.64. The molecule has 0 spiro atoms. The standard InChI is InChI=1S/C12H14N4O3S/c1-3-19-12(18)7-4-5-20-11(7)15-10(17)9-8(13)6-14-16(9)2/h4-6H,3,13H2,1-2H3,(H,15,17). The van der Waals surface area contributed by atoms with Gasteiger partial charge in [-0.3, -0.25) is 9.48 Å². The summed E-state index contributed by atoms with van der Waals surface area (Å²) < 4.78 is 6.30. The van der Waals surface area contributed by atoms with Gasteiger partial charge in [0, 0.05) is 7.05 Å². The molecule has 2 heterocycles. The molecule has 0 atom stereocenters. The van der Waals surface area contributed by atoms with E-state index in [1.165, 1.54) is 22.2 Å². The summed E-state index contributed by atoms with van der Waals surface area (Å²) in [5.74, 6) is -0.891. The molecule has 0 aliphatic carbocycles. The maximum atomic E-state index is 12.2. The number of carbonyl (C=O) groups excluding carboxylic acids is 2. The molecule has 3 N–H and O–H groups in total. The topological polar surface area (TPSA) is 99.2 Å². The molecule has 1 amide bonds. The number of nitrogens with zero attached hydrogens (tertiary/aromatic N) is 2. The molecule has 2 aromatic rings. The second-order valence-corrected chi connectivity index (χ2v) is 4.83. The van der Waals surface area contributed by atoms with E-state index >= 15 is 0 Å². The van der Waals surface area contributed by atoms with Crippen molar-refractivity contribution in [1.29, 1.82) is 0 Å². The number of rotatable bonds is 4. The number of thiophene rings is 1. The molecule has 0 saturated carbocycles. The molecule has 0 unspecified atom stereocenters. The monoisotopic (exact) mass is 294 g/mol. The number of hydrogen-bond acceptors (Lipinski definition) is 6. The van der Waals surface area contributed by atoms with Crippen LogP contribution in [0, 0.1) is 0 Å². The number of aromatic nitrogens is 2. The zero-order chi connectivity index (χ0) is 14.7. The smallest absolute Gasteiger partial charge is 0.341 e. The average molecular weight is 294 g/mol. The van der Waals surface area contributed by atoms with Gasteiger partial charge in [0.25, 0.3) is 5.91 Å². The van der Waals surface area contributed by atoms with Crippen LogP contribution >= 0.6 is 11.3 Å². The van der Waals surface area contributed by atoms with Gasteiger partial charge in [0.15, 0.2) is 0 Å². The first-order valence-electron chi connectivity index (χ1n) is 5.88. The lowest BCUT2D eigenvalue weighted by atomic mass is 10.3. The maximum Gasteiger partial charge on any atom is 0.341 e. The van der Waals surface area contributed by atoms with Crippen LogP contribution in [0.5, 0.6) is 0 Å². The molecular formula is C12H14N4O3S. The SMILES string of the molecule is CCOC(=O)c1ccsc1NC(=O)c1c(N)cnn1C. The third-order valence-electron chi connectivity index (χ3n) is 2.57. The summed E-state index contributed by atoms with van der Waals surface area (Å²) >= 11 is 1.24. The molecule has 106 valence electrons. The van der Waals surface area contributed by atoms with Crippen molar-refractivity contribution in [2.45, 2.75) is 6.92 Å². The van der Waals surface area contributed by atoms with E-state index in [1.807, 2.05) is 0 Å². The molecule has 20 heavy (non-hydrogen) atoms. The first-order chi connectivity index (χ1) is 9.54. The van der Waals surface area contributed by atoms with Crippen LogP contribution in [0.15, 0.2) is 17.6 Å². The molecule has 8 heteroatoms. The van der Waals surface area contributed by atoms with Gasteiger partial charge < -0.3 is 15.8 Å². The molecule has 0 fully saturated rings. The summed E-state index contributed by atoms with van der Waals surface area (Å²) in [5, 5.41) is 8.68. The number of hydrogen-bond donors (Lipinski definition) is 2. The molecule has 0 saturated heterocycles. The average Bonchev–Trinajstić information content (AvgIpc) is 2.97. The van der Waals surface area contributed by atoms with Gasteiger partial charge in [-0.2, -0.15) is 5.10 Å². The maximum absolute atomic E-state index is 12.2. The summed E-state index contributed by atoms with van der Waals surface area (Å²) in [6.45, 7) is 2.00. The van der Waals surface area contributed by atoms with E-state index in [4.69, 9.17) is 10.5 Å². The van der Waals surface area contributed by atoms with Crippen molar-refractivity contribution in [3.8, 4) is 0 Å². The van der Waals surface area contributed by atoms with E-state index in [1.54, 1.807) is 25.4 Å². The van der Waals surface area contributed by atoms with Crippen LogP contribution in [-0.4, -0.2) is 28.3 Å². The van der Waals surface area contributed by atoms with E-state index in [-0.39, 0.29) is 18.0 Å². The Kier molecular flexibility index (Phi) is 4.04. The lowest BCUT2D eigenvalue weighted by Crippen LogP contribution is -2.18. The molecule has 2 rings (SSSR count). The molecule has 0 aliphatic rings. The number of nitrogen functional groups attached to an aromatic ring is 1. The fraction of sp³-hybridized carbons (Fsp3) is 0.250. The Labute approximate surface area is 119 Å². The summed E-state index contributed by atoms with van der Waals surface area (Å²) in [5.41, 5.74) is 6.53. The molecule has 0 bridgehead atoms. The zero-order valence-electron chi connectivity index (χ0n) is 11.0. The quantitative estimate of drug-likeness (QED) is 0.832. The van der Waals surface area contributed by atoms with Crippen molar-refractivity contribution in [3.05, 3.63) is 28.9 Å². The molecule has 0 aliphatic heterocycles. The normalized spacial score (nSPS) is 10.3. The number of esters is 1. The Balaban J connectivity index is 2.21. The Hall–Kier alpha value is -2.35. The minimum absolute atomic E-state index is 0.244. The summed E-state index contributed by atoms with van der Waals surface area (Å²) in [7, 11) is 1.62. The summed E-state index contributed by atoms with van der Waals surface area (Å²) in [6.07, 6.45) is 1.40. The summed E-state index contributed by atoms with van der Waals surface area (Å²) in [6, 6.07) is 1.60. The van der Waals surface area contributed by atoms with Crippen LogP contribution in [0.25, 0.3) is 0 Å². The number of nitrogens with two attached hydrogens (primary N) is 1. The molecule has 0 radical (unpaired) electrons. The molecule has 2 aromatic heterocycles. The highest BCUT2D eigenvalue weighted by atomic mass is 32.1. The van der Waals surface area contributed by atoms with Gasteiger partial charge in [-0.05, 0) is 18.4 Å². The van der Waals surface area contributed by atoms with Crippen LogP contribution < -0.4 is 11.1 Å². The minimum Gasteiger partial charge on any atom is -0.462 e. The van der Waals surface area contributed by atoms with Gasteiger partial charge in [0.2, 0.25) is 0 Å². The van der Waals surface area contributed by atoms with Gasteiger partial charge in [0.1, 0.15) is 10.7 Å². The van der Waals surface area contributed by atoms with Gasteiger partial charge >= 0.3 is 5.97 Å². The fourth-order valence-corrected chi connectivity index (χ4v) is 2.44. The Morgan fingerprint density at radius 1 is 1.55 bits per heavy atom. The highest BCUT2D eigenvalue weighted by molar-refractivity contribution is 7.14. The number of nitrogens with one attached hydrogen (secondary N) is 1. The van der Waals surface area contributed by atoms with Gasteiger partial charge in [-0.15, -0.1) is 11.3 Å². The number of ether oxygens (including phenoxy) is 1. The number of anilines is 2. The van der Waals surface area contributed by atoms with Crippen LogP contribution in [0.1, 0.15) is 27.8 Å². The summed E-state index contributed by atoms with van der Waals surface area (Å²) in [4.78, 5) is 23.9. The van der Waals surface area contributed by atoms with Crippen LogP contribution in [-0.2, 0) is 11.8 Å². The Morgan fingerprint density at radius 2 is 2.30 bits per heavy atom. The number of amides is 1. The van der Waals surface area contributed by atoms with E-state index < -0.39 is 11.9 Å². The fourth-order valence-electron chi connectivity index (χ4n) is 1.67. The highest BCUT2D eigenvalue weighted by Crippen LogP contribution is 2.25. The van der Waals surface area contributed by atoms with E-state index in [9.17, 15) is 9.59 Å². The van der Waals surface area contributed by atoms with Crippen LogP contribution in [0.2, 0.25) is 0 Å². The van der Waals surface area contributed by atoms with Crippen molar-refractivity contribution >= 4 is 33.9 Å². The largest absolute Gasteiger partial charge is 0.462 e. The first-order valence-corrected chi connectivity index (χ1v) is 6.76. The van der Waals surface area contributed by atoms with Crippen LogP contribution in [0.4, 0.5) is 10.7 Å². The van der Waals surface area contributed by atoms with Gasteiger partial charge in [-0.1, -0.05) is 0 Å². The third-order valence-corrected chi connectivity index (χ3v) is 3.40. The van der Waals surface area contributed by atoms with Crippen molar-refractivity contribution in [2.24, 2.45) is 7.05 Å². The van der Waals surface area contributed by atoms with Gasteiger partial charge in [-0.25, -0.2) is 4.79 Å². The van der Waals surface area contributed by atoms with E-state index in [2.05, 4.69) is 10.4 Å². The van der Waals surface area contributed by atoms with E-state index in [0.29, 0.717) is 10.6 Å². The minimum atomic E-state index is -0.470. The molecule has 0 aromatic carbocycles. The predicted molar refractivity (Wildman–Crippen MR) is 75.8 cm³/mol. The lowest BCUT2D eigenvalue weighted by Gasteiger charge is -2.07. The Bertz CT molecular complexity index is 627.